The van der Waals surface area contributed by atoms with Gasteiger partial charge in [-0.3, -0.25) is 4.79 Å². The van der Waals surface area contributed by atoms with Crippen molar-refractivity contribution in [2.75, 3.05) is 44.3 Å². The number of benzene rings is 1. The molecule has 194 valence electrons. The second-order valence-electron chi connectivity index (χ2n) is 10.3. The first kappa shape index (κ1) is 24.8. The number of pyridine rings is 1. The van der Waals surface area contributed by atoms with Gasteiger partial charge in [0, 0.05) is 38.0 Å². The third kappa shape index (κ3) is 5.75. The number of carbonyl (C=O) groups excluding carboxylic acids is 1. The predicted octanol–water partition coefficient (Wildman–Crippen LogP) is 4.75. The van der Waals surface area contributed by atoms with Crippen LogP contribution < -0.4 is 9.64 Å². The fourth-order valence-corrected chi connectivity index (χ4v) is 5.54. The summed E-state index contributed by atoms with van der Waals surface area (Å²) in [5.41, 5.74) is 2.51. The quantitative estimate of drug-likeness (QED) is 0.567. The maximum Gasteiger partial charge on any atom is 0.256 e. The molecule has 3 heterocycles. The Labute approximate surface area is 212 Å². The summed E-state index contributed by atoms with van der Waals surface area (Å²) >= 11 is 0. The van der Waals surface area contributed by atoms with Gasteiger partial charge in [-0.15, -0.1) is 0 Å². The van der Waals surface area contributed by atoms with E-state index >= 15 is 0 Å². The van der Waals surface area contributed by atoms with E-state index in [9.17, 15) is 14.3 Å². The third-order valence-electron chi connectivity index (χ3n) is 7.76. The Balaban J connectivity index is 1.19. The number of ether oxygens (including phenoxy) is 2. The number of rotatable bonds is 8. The first-order chi connectivity index (χ1) is 17.5. The van der Waals surface area contributed by atoms with Crippen molar-refractivity contribution < 1.29 is 23.8 Å². The number of alkyl halides is 1. The molecule has 7 nitrogen and oxygen atoms in total. The van der Waals surface area contributed by atoms with Crippen molar-refractivity contribution in [2.24, 2.45) is 11.8 Å². The van der Waals surface area contributed by atoms with Crippen LogP contribution in [0.2, 0.25) is 0 Å². The summed E-state index contributed by atoms with van der Waals surface area (Å²) in [6.45, 7) is 4.83. The average molecular weight is 498 g/mol. The Kier molecular flexibility index (Phi) is 7.60. The number of phenolic OH excluding ortho intramolecular Hbond substituents is 1. The Hall–Kier alpha value is -2.87. The molecule has 0 bridgehead atoms. The molecule has 2 unspecified atom stereocenters. The number of aromatic nitrogens is 1. The fourth-order valence-electron chi connectivity index (χ4n) is 5.54. The molecule has 2 aromatic rings. The fraction of sp³-hybridized carbons (Fsp3) is 0.571. The van der Waals surface area contributed by atoms with E-state index < -0.39 is 6.36 Å². The van der Waals surface area contributed by atoms with E-state index in [1.54, 1.807) is 12.1 Å². The van der Waals surface area contributed by atoms with Gasteiger partial charge >= 0.3 is 0 Å². The minimum absolute atomic E-state index is 0.0759. The van der Waals surface area contributed by atoms with Gasteiger partial charge in [-0.25, -0.2) is 9.37 Å². The van der Waals surface area contributed by atoms with Gasteiger partial charge < -0.3 is 24.4 Å². The molecule has 2 saturated heterocycles. The number of morpholine rings is 1. The SMILES string of the molecule is CCC(c1ccnc(OCC2CCN(c3cc(O)ccc3C(=O)N3CCOC(F)C3)CC2)c1)C1CC1. The number of piperidine rings is 1. The molecule has 1 amide bonds. The van der Waals surface area contributed by atoms with E-state index in [0.29, 0.717) is 42.1 Å². The number of aromatic hydroxyl groups is 1. The number of anilines is 1. The van der Waals surface area contributed by atoms with Gasteiger partial charge in [-0.05, 0) is 73.6 Å². The molecule has 8 heteroatoms. The Morgan fingerprint density at radius 3 is 2.72 bits per heavy atom. The van der Waals surface area contributed by atoms with Crippen LogP contribution in [0, 0.1) is 11.8 Å². The van der Waals surface area contributed by atoms with Crippen LogP contribution in [0.5, 0.6) is 11.6 Å². The van der Waals surface area contributed by atoms with E-state index in [0.717, 1.165) is 38.3 Å². The van der Waals surface area contributed by atoms with Crippen LogP contribution in [0.15, 0.2) is 36.5 Å². The van der Waals surface area contributed by atoms with E-state index in [2.05, 4.69) is 28.9 Å². The molecule has 0 spiro atoms. The average Bonchev–Trinajstić information content (AvgIpc) is 3.73. The lowest BCUT2D eigenvalue weighted by Gasteiger charge is -2.35. The maximum absolute atomic E-state index is 13.7. The molecule has 1 N–H and O–H groups in total. The Bertz CT molecular complexity index is 1050. The summed E-state index contributed by atoms with van der Waals surface area (Å²) in [5, 5.41) is 10.1. The van der Waals surface area contributed by atoms with Crippen molar-refractivity contribution in [1.29, 1.82) is 0 Å². The third-order valence-corrected chi connectivity index (χ3v) is 7.76. The standard InChI is InChI=1S/C28H36FN3O4/c1-2-23(20-3-4-20)21-7-10-30-27(15-21)36-18-19-8-11-31(12-9-19)25-16-22(33)5-6-24(25)28(34)32-13-14-35-26(29)17-32/h5-7,10,15-16,19-20,23,26,33H,2-4,8-9,11-14,17-18H2,1H3. The summed E-state index contributed by atoms with van der Waals surface area (Å²) in [6, 6.07) is 9.01. The number of halogens is 1. The van der Waals surface area contributed by atoms with Crippen molar-refractivity contribution in [3.05, 3.63) is 47.7 Å². The molecule has 1 saturated carbocycles. The molecule has 5 rings (SSSR count). The van der Waals surface area contributed by atoms with Gasteiger partial charge in [0.2, 0.25) is 12.2 Å². The zero-order chi connectivity index (χ0) is 25.1. The number of hydrogen-bond acceptors (Lipinski definition) is 6. The van der Waals surface area contributed by atoms with E-state index in [-0.39, 0.29) is 24.8 Å². The highest BCUT2D eigenvalue weighted by atomic mass is 19.1. The van der Waals surface area contributed by atoms with Gasteiger partial charge in [0.25, 0.3) is 5.91 Å². The second kappa shape index (κ2) is 11.0. The normalized spacial score (nSPS) is 21.9. The number of nitrogens with zero attached hydrogens (tertiary/aromatic N) is 3. The summed E-state index contributed by atoms with van der Waals surface area (Å²) in [6.07, 6.45) is 6.01. The van der Waals surface area contributed by atoms with Gasteiger partial charge in [0.1, 0.15) is 5.75 Å². The summed E-state index contributed by atoms with van der Waals surface area (Å²) in [7, 11) is 0. The molecule has 1 aromatic carbocycles. The lowest BCUT2D eigenvalue weighted by atomic mass is 9.92. The zero-order valence-electron chi connectivity index (χ0n) is 20.9. The summed E-state index contributed by atoms with van der Waals surface area (Å²) in [4.78, 5) is 21.2. The number of phenols is 1. The van der Waals surface area contributed by atoms with E-state index in [1.165, 1.54) is 29.4 Å². The van der Waals surface area contributed by atoms with Crippen LogP contribution >= 0.6 is 0 Å². The molecule has 3 aliphatic rings. The number of carbonyl (C=O) groups is 1. The smallest absolute Gasteiger partial charge is 0.256 e. The Morgan fingerprint density at radius 2 is 2.00 bits per heavy atom. The summed E-state index contributed by atoms with van der Waals surface area (Å²) < 4.78 is 24.8. The lowest BCUT2D eigenvalue weighted by Crippen LogP contribution is -2.45. The first-order valence-corrected chi connectivity index (χ1v) is 13.2. The topological polar surface area (TPSA) is 75.1 Å². The molecule has 36 heavy (non-hydrogen) atoms. The van der Waals surface area contributed by atoms with Crippen LogP contribution in [0.3, 0.4) is 0 Å². The van der Waals surface area contributed by atoms with Gasteiger partial charge in [-0.1, -0.05) is 6.92 Å². The molecule has 2 atom stereocenters. The highest BCUT2D eigenvalue weighted by Gasteiger charge is 2.32. The molecule has 1 aliphatic carbocycles. The monoisotopic (exact) mass is 497 g/mol. The van der Waals surface area contributed by atoms with Gasteiger partial charge in [-0.2, -0.15) is 0 Å². The number of amides is 1. The largest absolute Gasteiger partial charge is 0.508 e. The molecular weight excluding hydrogens is 461 g/mol. The van der Waals surface area contributed by atoms with Crippen LogP contribution in [0.4, 0.5) is 10.1 Å². The molecule has 2 aliphatic heterocycles. The predicted molar refractivity (Wildman–Crippen MR) is 135 cm³/mol. The van der Waals surface area contributed by atoms with Gasteiger partial charge in [0.15, 0.2) is 0 Å². The molecule has 1 aromatic heterocycles. The molecule has 0 radical (unpaired) electrons. The summed E-state index contributed by atoms with van der Waals surface area (Å²) in [5.74, 6) is 2.38. The van der Waals surface area contributed by atoms with Crippen LogP contribution in [0.25, 0.3) is 0 Å². The Morgan fingerprint density at radius 1 is 1.19 bits per heavy atom. The zero-order valence-corrected chi connectivity index (χ0v) is 20.9. The number of hydrogen-bond donors (Lipinski definition) is 1. The minimum Gasteiger partial charge on any atom is -0.508 e. The molecule has 3 fully saturated rings. The van der Waals surface area contributed by atoms with Crippen molar-refractivity contribution >= 4 is 11.6 Å². The maximum atomic E-state index is 13.7. The van der Waals surface area contributed by atoms with E-state index in [1.807, 2.05) is 6.20 Å². The van der Waals surface area contributed by atoms with Crippen molar-refractivity contribution in [3.8, 4) is 11.6 Å². The highest BCUT2D eigenvalue weighted by molar-refractivity contribution is 6.00. The van der Waals surface area contributed by atoms with Crippen LogP contribution in [-0.4, -0.2) is 66.6 Å². The van der Waals surface area contributed by atoms with Crippen molar-refractivity contribution in [1.82, 2.24) is 9.88 Å². The van der Waals surface area contributed by atoms with Crippen molar-refractivity contribution in [3.63, 3.8) is 0 Å². The molecular formula is C28H36FN3O4. The minimum atomic E-state index is -1.46. The second-order valence-corrected chi connectivity index (χ2v) is 10.3. The highest BCUT2D eigenvalue weighted by Crippen LogP contribution is 2.44. The van der Waals surface area contributed by atoms with Gasteiger partial charge in [0.05, 0.1) is 31.0 Å². The lowest BCUT2D eigenvalue weighted by molar-refractivity contribution is -0.0890. The van der Waals surface area contributed by atoms with E-state index in [4.69, 9.17) is 9.47 Å². The van der Waals surface area contributed by atoms with Crippen LogP contribution in [0.1, 0.15) is 60.9 Å². The first-order valence-electron chi connectivity index (χ1n) is 13.2. The van der Waals surface area contributed by atoms with Crippen molar-refractivity contribution in [2.45, 2.75) is 51.3 Å². The van der Waals surface area contributed by atoms with Crippen LogP contribution in [-0.2, 0) is 4.74 Å².